The van der Waals surface area contributed by atoms with Gasteiger partial charge in [0.15, 0.2) is 0 Å². The van der Waals surface area contributed by atoms with Crippen LogP contribution in [0, 0.1) is 0 Å². The third-order valence-corrected chi connectivity index (χ3v) is 7.17. The van der Waals surface area contributed by atoms with Crippen LogP contribution in [0.3, 0.4) is 0 Å². The molecule has 1 fully saturated rings. The highest BCUT2D eigenvalue weighted by atomic mass is 32.1. The normalized spacial score (nSPS) is 16.4. The smallest absolute Gasteiger partial charge is 0.263 e. The number of hydrogen-bond donors (Lipinski definition) is 0. The van der Waals surface area contributed by atoms with Gasteiger partial charge >= 0.3 is 0 Å². The Kier molecular flexibility index (Phi) is 5.86. The quantitative estimate of drug-likeness (QED) is 0.545. The van der Waals surface area contributed by atoms with E-state index < -0.39 is 0 Å². The number of hydrogen-bond acceptors (Lipinski definition) is 4. The number of thiophene rings is 1. The van der Waals surface area contributed by atoms with Crippen molar-refractivity contribution in [2.24, 2.45) is 0 Å². The van der Waals surface area contributed by atoms with Crippen LogP contribution in [0.25, 0.3) is 21.3 Å². The van der Waals surface area contributed by atoms with Gasteiger partial charge in [0.05, 0.1) is 5.39 Å². The highest BCUT2D eigenvalue weighted by molar-refractivity contribution is 7.17. The molecule has 3 aromatic rings. The average Bonchev–Trinajstić information content (AvgIpc) is 3.13. The predicted molar refractivity (Wildman–Crippen MR) is 128 cm³/mol. The first-order valence-electron chi connectivity index (χ1n) is 11.1. The van der Waals surface area contributed by atoms with Gasteiger partial charge in [-0.25, -0.2) is 4.98 Å². The Bertz CT molecular complexity index is 1080. The molecule has 0 spiro atoms. The summed E-state index contributed by atoms with van der Waals surface area (Å²) in [5, 5.41) is 2.90. The third kappa shape index (κ3) is 3.97. The van der Waals surface area contributed by atoms with Crippen molar-refractivity contribution in [2.45, 2.75) is 64.8 Å². The minimum absolute atomic E-state index is 0.118. The largest absolute Gasteiger partial charge is 0.306 e. The van der Waals surface area contributed by atoms with E-state index in [1.54, 1.807) is 11.3 Å². The van der Waals surface area contributed by atoms with Crippen LogP contribution in [0.1, 0.15) is 64.4 Å². The van der Waals surface area contributed by atoms with Gasteiger partial charge < -0.3 is 4.90 Å². The monoisotopic (exact) mass is 423 g/mol. The molecule has 0 saturated carbocycles. The highest BCUT2D eigenvalue weighted by Gasteiger charge is 2.25. The molecule has 3 heterocycles. The number of likely N-dealkylation sites (tertiary alicyclic amines) is 1. The predicted octanol–water partition coefficient (Wildman–Crippen LogP) is 5.64. The van der Waals surface area contributed by atoms with Gasteiger partial charge in [0.25, 0.3) is 5.56 Å². The van der Waals surface area contributed by atoms with Gasteiger partial charge in [-0.05, 0) is 55.9 Å². The molecule has 30 heavy (non-hydrogen) atoms. The first kappa shape index (κ1) is 21.3. The summed E-state index contributed by atoms with van der Waals surface area (Å²) in [5.41, 5.74) is 3.70. The average molecular weight is 424 g/mol. The highest BCUT2D eigenvalue weighted by Crippen LogP contribution is 2.34. The van der Waals surface area contributed by atoms with E-state index in [-0.39, 0.29) is 17.0 Å². The zero-order chi connectivity index (χ0) is 21.5. The van der Waals surface area contributed by atoms with Crippen molar-refractivity contribution in [3.8, 4) is 11.1 Å². The van der Waals surface area contributed by atoms with Crippen molar-refractivity contribution >= 4 is 21.6 Å². The number of nitrogens with zero attached hydrogens (tertiary/aromatic N) is 3. The Hall–Kier alpha value is -1.98. The van der Waals surface area contributed by atoms with E-state index in [0.29, 0.717) is 0 Å². The van der Waals surface area contributed by atoms with Crippen molar-refractivity contribution in [1.29, 1.82) is 0 Å². The van der Waals surface area contributed by atoms with Crippen molar-refractivity contribution < 1.29 is 0 Å². The number of fused-ring (bicyclic) bond motifs is 1. The molecule has 1 saturated heterocycles. The van der Waals surface area contributed by atoms with Gasteiger partial charge in [0.1, 0.15) is 10.7 Å². The summed E-state index contributed by atoms with van der Waals surface area (Å²) in [7, 11) is 2.16. The van der Waals surface area contributed by atoms with Gasteiger partial charge in [-0.1, -0.05) is 52.0 Å². The van der Waals surface area contributed by atoms with E-state index in [0.717, 1.165) is 65.9 Å². The first-order chi connectivity index (χ1) is 14.3. The number of aryl methyl sites for hydroxylation is 1. The van der Waals surface area contributed by atoms with Gasteiger partial charge in [0, 0.05) is 23.4 Å². The van der Waals surface area contributed by atoms with Crippen LogP contribution in [-0.2, 0) is 11.8 Å². The lowest BCUT2D eigenvalue weighted by molar-refractivity contribution is 0.215. The third-order valence-electron chi connectivity index (χ3n) is 6.30. The molecule has 0 unspecified atom stereocenters. The summed E-state index contributed by atoms with van der Waals surface area (Å²) < 4.78 is 2.04. The Morgan fingerprint density at radius 2 is 1.80 bits per heavy atom. The molecule has 0 atom stereocenters. The van der Waals surface area contributed by atoms with Crippen LogP contribution in [0.2, 0.25) is 0 Å². The fourth-order valence-corrected chi connectivity index (χ4v) is 5.39. The van der Waals surface area contributed by atoms with Crippen molar-refractivity contribution in [1.82, 2.24) is 14.5 Å². The molecular formula is C25H33N3OS. The summed E-state index contributed by atoms with van der Waals surface area (Å²) in [6, 6.07) is 8.94. The molecule has 1 aliphatic rings. The molecule has 0 radical (unpaired) electrons. The van der Waals surface area contributed by atoms with E-state index in [1.807, 2.05) is 4.57 Å². The number of benzene rings is 1. The molecule has 5 heteroatoms. The minimum Gasteiger partial charge on any atom is -0.306 e. The van der Waals surface area contributed by atoms with E-state index in [4.69, 9.17) is 4.98 Å². The fourth-order valence-electron chi connectivity index (χ4n) is 4.44. The molecular weight excluding hydrogens is 390 g/mol. The Labute approximate surface area is 183 Å². The maximum absolute atomic E-state index is 13.8. The van der Waals surface area contributed by atoms with Crippen LogP contribution in [-0.4, -0.2) is 34.6 Å². The molecule has 0 amide bonds. The summed E-state index contributed by atoms with van der Waals surface area (Å²) in [6.07, 6.45) is 3.88. The lowest BCUT2D eigenvalue weighted by Gasteiger charge is -2.31. The zero-order valence-corrected chi connectivity index (χ0v) is 19.7. The van der Waals surface area contributed by atoms with E-state index >= 15 is 0 Å². The SMILES string of the molecule is CCCc1nc2scc(-c3ccc(C(C)(C)C)cc3)c2c(=O)n1C1CCN(C)CC1. The molecule has 160 valence electrons. The Morgan fingerprint density at radius 1 is 1.13 bits per heavy atom. The topological polar surface area (TPSA) is 38.1 Å². The number of piperidine rings is 1. The van der Waals surface area contributed by atoms with E-state index in [9.17, 15) is 4.79 Å². The molecule has 1 aromatic carbocycles. The molecule has 4 rings (SSSR count). The summed E-state index contributed by atoms with van der Waals surface area (Å²) >= 11 is 1.60. The molecule has 0 aliphatic carbocycles. The fraction of sp³-hybridized carbons (Fsp3) is 0.520. The lowest BCUT2D eigenvalue weighted by atomic mass is 9.86. The summed E-state index contributed by atoms with van der Waals surface area (Å²) in [5.74, 6) is 0.959. The maximum Gasteiger partial charge on any atom is 0.263 e. The van der Waals surface area contributed by atoms with Crippen LogP contribution in [0.4, 0.5) is 0 Å². The molecule has 1 aliphatic heterocycles. The second kappa shape index (κ2) is 8.27. The number of aromatic nitrogens is 2. The Balaban J connectivity index is 1.83. The van der Waals surface area contributed by atoms with Gasteiger partial charge in [-0.2, -0.15) is 0 Å². The van der Waals surface area contributed by atoms with E-state index in [2.05, 4.69) is 69.3 Å². The standard InChI is InChI=1S/C25H33N3OS/c1-6-7-21-26-23-22(24(29)28(21)19-12-14-27(5)15-13-19)20(16-30-23)17-8-10-18(11-9-17)25(2,3)4/h8-11,16,19H,6-7,12-15H2,1-5H3. The number of rotatable bonds is 4. The van der Waals surface area contributed by atoms with Crippen LogP contribution < -0.4 is 5.56 Å². The van der Waals surface area contributed by atoms with Crippen LogP contribution in [0.5, 0.6) is 0 Å². The minimum atomic E-state index is 0.118. The zero-order valence-electron chi connectivity index (χ0n) is 18.9. The lowest BCUT2D eigenvalue weighted by Crippen LogP contribution is -2.37. The summed E-state index contributed by atoms with van der Waals surface area (Å²) in [4.78, 5) is 22.0. The van der Waals surface area contributed by atoms with Crippen molar-refractivity contribution in [2.75, 3.05) is 20.1 Å². The van der Waals surface area contributed by atoms with Gasteiger partial charge in [0.2, 0.25) is 0 Å². The van der Waals surface area contributed by atoms with Gasteiger partial charge in [-0.3, -0.25) is 9.36 Å². The second-order valence-corrected chi connectivity index (χ2v) is 10.5. The van der Waals surface area contributed by atoms with Crippen molar-refractivity contribution in [3.05, 3.63) is 51.4 Å². The van der Waals surface area contributed by atoms with E-state index in [1.165, 1.54) is 5.56 Å². The van der Waals surface area contributed by atoms with Crippen molar-refractivity contribution in [3.63, 3.8) is 0 Å². The molecule has 2 aromatic heterocycles. The first-order valence-corrected chi connectivity index (χ1v) is 12.0. The molecule has 0 bridgehead atoms. The van der Waals surface area contributed by atoms with Gasteiger partial charge in [-0.15, -0.1) is 11.3 Å². The summed E-state index contributed by atoms with van der Waals surface area (Å²) in [6.45, 7) is 10.9. The maximum atomic E-state index is 13.8. The molecule has 0 N–H and O–H groups in total. The second-order valence-electron chi connectivity index (χ2n) is 9.64. The Morgan fingerprint density at radius 3 is 2.40 bits per heavy atom. The van der Waals surface area contributed by atoms with Crippen LogP contribution >= 0.6 is 11.3 Å². The van der Waals surface area contributed by atoms with Crippen LogP contribution in [0.15, 0.2) is 34.4 Å². The molecule has 4 nitrogen and oxygen atoms in total.